The summed E-state index contributed by atoms with van der Waals surface area (Å²) in [6, 6.07) is 0. The molecule has 0 aromatic heterocycles. The molecular formula is C13H18. The largest absolute Gasteiger partial charge is 0.0470 e. The first-order chi connectivity index (χ1) is 6.42. The second-order valence-electron chi connectivity index (χ2n) is 6.71. The van der Waals surface area contributed by atoms with E-state index in [1.165, 1.54) is 47.3 Å². The van der Waals surface area contributed by atoms with Crippen LogP contribution >= 0.6 is 0 Å². The van der Waals surface area contributed by atoms with E-state index in [-0.39, 0.29) is 0 Å². The highest BCUT2D eigenvalue weighted by Gasteiger charge is 2.67. The average Bonchev–Trinajstić information content (AvgIpc) is 2.51. The second-order valence-corrected chi connectivity index (χ2v) is 6.71. The molecule has 0 saturated heterocycles. The van der Waals surface area contributed by atoms with E-state index < -0.39 is 0 Å². The SMILES string of the molecule is C1C2CC3CC4CC5CC1C5C4C23. The predicted molar refractivity (Wildman–Crippen MR) is 51.0 cm³/mol. The molecule has 0 aromatic carbocycles. The van der Waals surface area contributed by atoms with Gasteiger partial charge in [-0.1, -0.05) is 0 Å². The molecule has 0 aliphatic heterocycles. The minimum Gasteiger partial charge on any atom is -0.0470 e. The molecule has 0 radical (unpaired) electrons. The van der Waals surface area contributed by atoms with Crippen molar-refractivity contribution in [3.05, 3.63) is 0 Å². The van der Waals surface area contributed by atoms with E-state index in [9.17, 15) is 0 Å². The summed E-state index contributed by atoms with van der Waals surface area (Å²) in [5.41, 5.74) is 0. The van der Waals surface area contributed by atoms with Crippen molar-refractivity contribution in [2.24, 2.45) is 47.3 Å². The highest BCUT2D eigenvalue weighted by molar-refractivity contribution is 5.16. The minimum atomic E-state index is 1.22. The molecule has 0 heteroatoms. The molecule has 0 aromatic rings. The van der Waals surface area contributed by atoms with Gasteiger partial charge in [-0.2, -0.15) is 0 Å². The Morgan fingerprint density at radius 1 is 0.385 bits per heavy atom. The summed E-state index contributed by atoms with van der Waals surface area (Å²) < 4.78 is 0. The number of rotatable bonds is 0. The van der Waals surface area contributed by atoms with Crippen molar-refractivity contribution in [1.82, 2.24) is 0 Å². The van der Waals surface area contributed by atoms with Crippen molar-refractivity contribution in [3.8, 4) is 0 Å². The smallest absolute Gasteiger partial charge is 0.0318 e. The van der Waals surface area contributed by atoms with Crippen LogP contribution in [0.25, 0.3) is 0 Å². The van der Waals surface area contributed by atoms with Gasteiger partial charge < -0.3 is 0 Å². The first kappa shape index (κ1) is 6.48. The summed E-state index contributed by atoms with van der Waals surface area (Å²) in [5, 5.41) is 0. The molecule has 0 spiro atoms. The summed E-state index contributed by atoms with van der Waals surface area (Å²) in [6.45, 7) is 0. The molecule has 5 rings (SSSR count). The molecule has 13 heavy (non-hydrogen) atoms. The molecule has 6 atom stereocenters. The van der Waals surface area contributed by atoms with E-state index in [0.29, 0.717) is 0 Å². The Hall–Kier alpha value is 0. The highest BCUT2D eigenvalue weighted by atomic mass is 14.7. The zero-order chi connectivity index (χ0) is 8.15. The summed E-state index contributed by atoms with van der Waals surface area (Å²) in [5.74, 6) is 9.90. The third-order valence-electron chi connectivity index (χ3n) is 6.64. The molecule has 5 saturated carbocycles. The van der Waals surface area contributed by atoms with E-state index in [2.05, 4.69) is 0 Å². The van der Waals surface area contributed by atoms with Gasteiger partial charge in [0.2, 0.25) is 0 Å². The Labute approximate surface area is 80.1 Å². The molecular weight excluding hydrogens is 156 g/mol. The lowest BCUT2D eigenvalue weighted by atomic mass is 9.47. The second kappa shape index (κ2) is 1.73. The van der Waals surface area contributed by atoms with Crippen LogP contribution in [0.4, 0.5) is 0 Å². The lowest BCUT2D eigenvalue weighted by molar-refractivity contribution is -0.0936. The number of hydrogen-bond acceptors (Lipinski definition) is 0. The molecule has 70 valence electrons. The van der Waals surface area contributed by atoms with Crippen LogP contribution < -0.4 is 0 Å². The predicted octanol–water partition coefficient (Wildman–Crippen LogP) is 2.93. The van der Waals surface area contributed by atoms with Gasteiger partial charge in [0.1, 0.15) is 0 Å². The van der Waals surface area contributed by atoms with Crippen molar-refractivity contribution >= 4 is 0 Å². The first-order valence-electron chi connectivity index (χ1n) is 6.42. The van der Waals surface area contributed by atoms with Gasteiger partial charge in [0, 0.05) is 0 Å². The van der Waals surface area contributed by atoms with Gasteiger partial charge in [0.05, 0.1) is 0 Å². The molecule has 0 heterocycles. The maximum Gasteiger partial charge on any atom is -0.0318 e. The van der Waals surface area contributed by atoms with E-state index in [4.69, 9.17) is 0 Å². The maximum atomic E-state index is 1.66. The third-order valence-corrected chi connectivity index (χ3v) is 6.64. The number of hydrogen-bond donors (Lipinski definition) is 0. The van der Waals surface area contributed by atoms with E-state index >= 15 is 0 Å². The molecule has 5 fully saturated rings. The molecule has 5 aliphatic rings. The van der Waals surface area contributed by atoms with Gasteiger partial charge in [-0.05, 0) is 79.4 Å². The van der Waals surface area contributed by atoms with Crippen LogP contribution in [0.3, 0.4) is 0 Å². The van der Waals surface area contributed by atoms with Gasteiger partial charge in [-0.15, -0.1) is 0 Å². The Morgan fingerprint density at radius 3 is 1.08 bits per heavy atom. The van der Waals surface area contributed by atoms with Crippen LogP contribution in [-0.2, 0) is 0 Å². The van der Waals surface area contributed by atoms with Gasteiger partial charge in [0.25, 0.3) is 0 Å². The van der Waals surface area contributed by atoms with E-state index in [1.54, 1.807) is 32.1 Å². The van der Waals surface area contributed by atoms with Crippen molar-refractivity contribution in [2.45, 2.75) is 32.1 Å². The Balaban J connectivity index is 1.67. The van der Waals surface area contributed by atoms with Gasteiger partial charge in [0.15, 0.2) is 0 Å². The molecule has 0 nitrogen and oxygen atoms in total. The maximum absolute atomic E-state index is 1.66. The molecule has 6 unspecified atom stereocenters. The summed E-state index contributed by atoms with van der Waals surface area (Å²) in [6.07, 6.45) is 8.26. The van der Waals surface area contributed by atoms with Crippen molar-refractivity contribution in [3.63, 3.8) is 0 Å². The topological polar surface area (TPSA) is 0 Å². The highest BCUT2D eigenvalue weighted by Crippen LogP contribution is 2.74. The molecule has 5 aliphatic carbocycles. The van der Waals surface area contributed by atoms with Crippen molar-refractivity contribution in [2.75, 3.05) is 0 Å². The zero-order valence-corrected chi connectivity index (χ0v) is 8.15. The summed E-state index contributed by atoms with van der Waals surface area (Å²) in [7, 11) is 0. The first-order valence-corrected chi connectivity index (χ1v) is 6.42. The molecule has 0 amide bonds. The lowest BCUT2D eigenvalue weighted by Crippen LogP contribution is -2.51. The van der Waals surface area contributed by atoms with E-state index in [0.717, 1.165) is 0 Å². The monoisotopic (exact) mass is 174 g/mol. The van der Waals surface area contributed by atoms with Crippen LogP contribution in [0.1, 0.15) is 32.1 Å². The van der Waals surface area contributed by atoms with Crippen LogP contribution in [0.15, 0.2) is 0 Å². The lowest BCUT2D eigenvalue weighted by Gasteiger charge is -2.58. The fraction of sp³-hybridized carbons (Fsp3) is 1.00. The zero-order valence-electron chi connectivity index (χ0n) is 8.15. The third kappa shape index (κ3) is 0.521. The Bertz CT molecular complexity index is 256. The fourth-order valence-corrected chi connectivity index (χ4v) is 6.52. The Morgan fingerprint density at radius 2 is 0.692 bits per heavy atom. The quantitative estimate of drug-likeness (QED) is 0.529. The van der Waals surface area contributed by atoms with Crippen molar-refractivity contribution in [1.29, 1.82) is 0 Å². The van der Waals surface area contributed by atoms with Gasteiger partial charge >= 0.3 is 0 Å². The van der Waals surface area contributed by atoms with Crippen LogP contribution in [0.5, 0.6) is 0 Å². The van der Waals surface area contributed by atoms with Crippen LogP contribution in [0, 0.1) is 47.3 Å². The van der Waals surface area contributed by atoms with Gasteiger partial charge in [-0.25, -0.2) is 0 Å². The molecule has 0 bridgehead atoms. The fourth-order valence-electron chi connectivity index (χ4n) is 6.52. The van der Waals surface area contributed by atoms with Crippen LogP contribution in [-0.4, -0.2) is 0 Å². The summed E-state index contributed by atoms with van der Waals surface area (Å²) >= 11 is 0. The van der Waals surface area contributed by atoms with Crippen LogP contribution in [0.2, 0.25) is 0 Å². The average molecular weight is 174 g/mol. The standard InChI is InChI=1S/C13H18/c1-6-2-8-4-10-5-9-3-7(1)12(9)13(10)11(6)8/h6-13H,1-5H2. The van der Waals surface area contributed by atoms with E-state index in [1.807, 2.05) is 0 Å². The normalized spacial score (nSPS) is 75.7. The summed E-state index contributed by atoms with van der Waals surface area (Å²) in [4.78, 5) is 0. The van der Waals surface area contributed by atoms with Crippen molar-refractivity contribution < 1.29 is 0 Å². The van der Waals surface area contributed by atoms with Gasteiger partial charge in [-0.3, -0.25) is 0 Å². The minimum absolute atomic E-state index is 1.22. The Kier molecular flexibility index (Phi) is 0.860. The molecule has 0 N–H and O–H groups in total.